The van der Waals surface area contributed by atoms with Crippen LogP contribution in [0.4, 0.5) is 4.39 Å². The van der Waals surface area contributed by atoms with Crippen LogP contribution < -0.4 is 4.74 Å². The molecule has 0 aliphatic rings. The number of benzene rings is 2. The first-order valence-electron chi connectivity index (χ1n) is 8.72. The molecule has 1 atom stereocenters. The quantitative estimate of drug-likeness (QED) is 0.451. The third-order valence-corrected chi connectivity index (χ3v) is 3.85. The maximum atomic E-state index is 14.2. The molecule has 0 spiro atoms. The Kier molecular flexibility index (Phi) is 7.36. The molecule has 0 aliphatic heterocycles. The maximum Gasteiger partial charge on any atom is 0.166 e. The Morgan fingerprint density at radius 3 is 2.42 bits per heavy atom. The van der Waals surface area contributed by atoms with Gasteiger partial charge in [0.25, 0.3) is 0 Å². The summed E-state index contributed by atoms with van der Waals surface area (Å²) in [5, 5.41) is 0. The fourth-order valence-corrected chi connectivity index (χ4v) is 2.47. The van der Waals surface area contributed by atoms with Gasteiger partial charge in [0.05, 0.1) is 6.10 Å². The summed E-state index contributed by atoms with van der Waals surface area (Å²) in [6, 6.07) is 14.6. The Hall–Kier alpha value is -2.27. The van der Waals surface area contributed by atoms with Gasteiger partial charge in [-0.05, 0) is 50.1 Å². The number of halogens is 1. The van der Waals surface area contributed by atoms with Gasteiger partial charge in [-0.25, -0.2) is 4.39 Å². The van der Waals surface area contributed by atoms with Gasteiger partial charge in [-0.3, -0.25) is 0 Å². The van der Waals surface area contributed by atoms with Gasteiger partial charge in [-0.15, -0.1) is 0 Å². The zero-order valence-electron chi connectivity index (χ0n) is 14.5. The first-order valence-corrected chi connectivity index (χ1v) is 8.72. The lowest BCUT2D eigenvalue weighted by Crippen LogP contribution is -2.12. The first kappa shape index (κ1) is 18.1. The fourth-order valence-electron chi connectivity index (χ4n) is 2.47. The minimum atomic E-state index is -0.352. The van der Waals surface area contributed by atoms with E-state index in [0.29, 0.717) is 11.3 Å². The summed E-state index contributed by atoms with van der Waals surface area (Å²) < 4.78 is 19.9. The molecular formula is C22H25FO. The molecule has 0 amide bonds. The standard InChI is InChI=1S/C22H25FO/c1-3-4-5-7-10-18(2)24-22-16-15-20(17-21(22)23)14-13-19-11-8-6-9-12-19/h6,8-9,11-12,15-18H,3-5,7,10H2,1-2H3. The van der Waals surface area contributed by atoms with Gasteiger partial charge in [0, 0.05) is 11.1 Å². The SMILES string of the molecule is CCCCCCC(C)Oc1ccc(C#Cc2ccccc2)cc1F. The third-order valence-electron chi connectivity index (χ3n) is 3.85. The van der Waals surface area contributed by atoms with Gasteiger partial charge in [0.15, 0.2) is 11.6 Å². The van der Waals surface area contributed by atoms with Crippen molar-refractivity contribution in [1.82, 2.24) is 0 Å². The Morgan fingerprint density at radius 2 is 1.71 bits per heavy atom. The zero-order valence-corrected chi connectivity index (χ0v) is 14.5. The topological polar surface area (TPSA) is 9.23 Å². The molecule has 1 nitrogen and oxygen atoms in total. The second kappa shape index (κ2) is 9.78. The molecule has 2 rings (SSSR count). The van der Waals surface area contributed by atoms with Crippen LogP contribution in [0.5, 0.6) is 5.75 Å². The van der Waals surface area contributed by atoms with E-state index in [0.717, 1.165) is 18.4 Å². The van der Waals surface area contributed by atoms with Crippen LogP contribution in [-0.4, -0.2) is 6.10 Å². The summed E-state index contributed by atoms with van der Waals surface area (Å²) >= 11 is 0. The average Bonchev–Trinajstić information content (AvgIpc) is 2.60. The minimum absolute atomic E-state index is 0.0256. The highest BCUT2D eigenvalue weighted by molar-refractivity contribution is 5.44. The van der Waals surface area contributed by atoms with E-state index in [9.17, 15) is 4.39 Å². The smallest absolute Gasteiger partial charge is 0.166 e. The highest BCUT2D eigenvalue weighted by atomic mass is 19.1. The zero-order chi connectivity index (χ0) is 17.2. The van der Waals surface area contributed by atoms with E-state index in [1.807, 2.05) is 37.3 Å². The lowest BCUT2D eigenvalue weighted by Gasteiger charge is -2.15. The molecule has 0 heterocycles. The lowest BCUT2D eigenvalue weighted by atomic mass is 10.1. The van der Waals surface area contributed by atoms with Gasteiger partial charge in [-0.2, -0.15) is 0 Å². The third kappa shape index (κ3) is 6.08. The van der Waals surface area contributed by atoms with Gasteiger partial charge >= 0.3 is 0 Å². The Morgan fingerprint density at radius 1 is 0.958 bits per heavy atom. The summed E-state index contributed by atoms with van der Waals surface area (Å²) in [4.78, 5) is 0. The molecule has 0 bridgehead atoms. The van der Waals surface area contributed by atoms with Crippen molar-refractivity contribution in [2.75, 3.05) is 0 Å². The lowest BCUT2D eigenvalue weighted by molar-refractivity contribution is 0.197. The summed E-state index contributed by atoms with van der Waals surface area (Å²) in [5.74, 6) is 5.97. The predicted molar refractivity (Wildman–Crippen MR) is 97.7 cm³/mol. The average molecular weight is 324 g/mol. The highest BCUT2D eigenvalue weighted by Gasteiger charge is 2.09. The molecule has 0 N–H and O–H groups in total. The van der Waals surface area contributed by atoms with Crippen LogP contribution in [0.25, 0.3) is 0 Å². The van der Waals surface area contributed by atoms with Crippen molar-refractivity contribution in [2.45, 2.75) is 52.1 Å². The van der Waals surface area contributed by atoms with Crippen molar-refractivity contribution < 1.29 is 9.13 Å². The van der Waals surface area contributed by atoms with Crippen LogP contribution in [0.15, 0.2) is 48.5 Å². The first-order chi connectivity index (χ1) is 11.7. The fraction of sp³-hybridized carbons (Fsp3) is 0.364. The van der Waals surface area contributed by atoms with Crippen LogP contribution >= 0.6 is 0 Å². The second-order valence-corrected chi connectivity index (χ2v) is 6.04. The van der Waals surface area contributed by atoms with Crippen LogP contribution in [0.1, 0.15) is 57.1 Å². The molecule has 2 heteroatoms. The highest BCUT2D eigenvalue weighted by Crippen LogP contribution is 2.21. The minimum Gasteiger partial charge on any atom is -0.488 e. The van der Waals surface area contributed by atoms with Crippen LogP contribution in [-0.2, 0) is 0 Å². The second-order valence-electron chi connectivity index (χ2n) is 6.04. The molecule has 0 aliphatic carbocycles. The number of hydrogen-bond donors (Lipinski definition) is 0. The molecular weight excluding hydrogens is 299 g/mol. The molecule has 0 fully saturated rings. The molecule has 126 valence electrons. The van der Waals surface area contributed by atoms with Crippen molar-refractivity contribution >= 4 is 0 Å². The number of ether oxygens (including phenoxy) is 1. The largest absolute Gasteiger partial charge is 0.488 e. The molecule has 2 aromatic carbocycles. The molecule has 0 saturated carbocycles. The van der Waals surface area contributed by atoms with Crippen LogP contribution in [0, 0.1) is 17.7 Å². The summed E-state index contributed by atoms with van der Waals surface area (Å²) in [6.45, 7) is 4.19. The molecule has 0 saturated heterocycles. The van der Waals surface area contributed by atoms with Gasteiger partial charge in [0.1, 0.15) is 0 Å². The van der Waals surface area contributed by atoms with Crippen molar-refractivity contribution in [3.05, 3.63) is 65.5 Å². The van der Waals surface area contributed by atoms with E-state index in [1.54, 1.807) is 12.1 Å². The molecule has 2 aromatic rings. The maximum absolute atomic E-state index is 14.2. The Bertz CT molecular complexity index is 682. The van der Waals surface area contributed by atoms with Gasteiger partial charge in [-0.1, -0.05) is 56.2 Å². The normalized spacial score (nSPS) is 11.5. The van der Waals surface area contributed by atoms with E-state index >= 15 is 0 Å². The number of hydrogen-bond acceptors (Lipinski definition) is 1. The van der Waals surface area contributed by atoms with Crippen molar-refractivity contribution in [2.24, 2.45) is 0 Å². The van der Waals surface area contributed by atoms with E-state index in [1.165, 1.54) is 25.3 Å². The Labute approximate surface area is 144 Å². The predicted octanol–water partition coefficient (Wildman–Crippen LogP) is 5.96. The summed E-state index contributed by atoms with van der Waals surface area (Å²) in [7, 11) is 0. The van der Waals surface area contributed by atoms with Crippen molar-refractivity contribution in [3.63, 3.8) is 0 Å². The summed E-state index contributed by atoms with van der Waals surface area (Å²) in [5.41, 5.74) is 1.57. The van der Waals surface area contributed by atoms with E-state index in [2.05, 4.69) is 18.8 Å². The van der Waals surface area contributed by atoms with Crippen LogP contribution in [0.2, 0.25) is 0 Å². The van der Waals surface area contributed by atoms with Crippen molar-refractivity contribution in [1.29, 1.82) is 0 Å². The number of unbranched alkanes of at least 4 members (excludes halogenated alkanes) is 3. The molecule has 0 radical (unpaired) electrons. The van der Waals surface area contributed by atoms with Gasteiger partial charge in [0.2, 0.25) is 0 Å². The Balaban J connectivity index is 1.93. The van der Waals surface area contributed by atoms with E-state index in [-0.39, 0.29) is 11.9 Å². The number of rotatable bonds is 7. The monoisotopic (exact) mass is 324 g/mol. The molecule has 1 unspecified atom stereocenters. The summed E-state index contributed by atoms with van der Waals surface area (Å²) in [6.07, 6.45) is 5.77. The van der Waals surface area contributed by atoms with Crippen molar-refractivity contribution in [3.8, 4) is 17.6 Å². The van der Waals surface area contributed by atoms with Gasteiger partial charge < -0.3 is 4.74 Å². The van der Waals surface area contributed by atoms with Crippen LogP contribution in [0.3, 0.4) is 0 Å². The molecule has 24 heavy (non-hydrogen) atoms. The molecule has 0 aromatic heterocycles. The van der Waals surface area contributed by atoms with E-state index in [4.69, 9.17) is 4.74 Å². The van der Waals surface area contributed by atoms with E-state index < -0.39 is 0 Å².